The van der Waals surface area contributed by atoms with Gasteiger partial charge in [-0.25, -0.2) is 0 Å². The molecule has 0 saturated heterocycles. The van der Waals surface area contributed by atoms with E-state index in [1.807, 2.05) is 0 Å². The van der Waals surface area contributed by atoms with E-state index in [-0.39, 0.29) is 0 Å². The van der Waals surface area contributed by atoms with Crippen molar-refractivity contribution in [1.29, 1.82) is 0 Å². The van der Waals surface area contributed by atoms with E-state index < -0.39 is 0 Å². The Bertz CT molecular complexity index is 286. The fourth-order valence-electron chi connectivity index (χ4n) is 2.70. The maximum Gasteiger partial charge on any atom is 0.0233 e. The van der Waals surface area contributed by atoms with Crippen LogP contribution in [0.1, 0.15) is 44.1 Å². The summed E-state index contributed by atoms with van der Waals surface area (Å²) in [6.45, 7) is 1.10. The zero-order chi connectivity index (χ0) is 11.2. The van der Waals surface area contributed by atoms with Crippen molar-refractivity contribution in [3.05, 3.63) is 35.9 Å². The van der Waals surface area contributed by atoms with Crippen molar-refractivity contribution in [3.63, 3.8) is 0 Å². The summed E-state index contributed by atoms with van der Waals surface area (Å²) in [4.78, 5) is 2.54. The number of hydrogen-bond acceptors (Lipinski definition) is 1. The van der Waals surface area contributed by atoms with Crippen LogP contribution in [0.4, 0.5) is 0 Å². The molecule has 0 amide bonds. The Morgan fingerprint density at radius 3 is 2.25 bits per heavy atom. The van der Waals surface area contributed by atoms with Crippen LogP contribution < -0.4 is 0 Å². The first-order valence-electron chi connectivity index (χ1n) is 6.60. The number of nitrogens with zero attached hydrogens (tertiary/aromatic N) is 1. The smallest absolute Gasteiger partial charge is 0.0233 e. The third-order valence-electron chi connectivity index (χ3n) is 3.72. The summed E-state index contributed by atoms with van der Waals surface area (Å²) in [5, 5.41) is 0. The first kappa shape index (κ1) is 11.7. The minimum Gasteiger partial charge on any atom is -0.299 e. The zero-order valence-corrected chi connectivity index (χ0v) is 10.4. The molecule has 1 heteroatoms. The molecular weight excluding hydrogens is 194 g/mol. The number of rotatable bonds is 3. The highest BCUT2D eigenvalue weighted by Crippen LogP contribution is 2.22. The summed E-state index contributed by atoms with van der Waals surface area (Å²) in [6.07, 6.45) is 8.51. The van der Waals surface area contributed by atoms with Gasteiger partial charge in [0.05, 0.1) is 0 Å². The quantitative estimate of drug-likeness (QED) is 0.695. The summed E-state index contributed by atoms with van der Waals surface area (Å²) < 4.78 is 0. The van der Waals surface area contributed by atoms with E-state index in [0.29, 0.717) is 0 Å². The van der Waals surface area contributed by atoms with Crippen molar-refractivity contribution >= 4 is 0 Å². The highest BCUT2D eigenvalue weighted by Gasteiger charge is 2.16. The first-order chi connectivity index (χ1) is 7.86. The number of hydrogen-bond donors (Lipinski definition) is 0. The van der Waals surface area contributed by atoms with E-state index in [2.05, 4.69) is 42.3 Å². The summed E-state index contributed by atoms with van der Waals surface area (Å²) in [5.74, 6) is 0. The van der Waals surface area contributed by atoms with Gasteiger partial charge < -0.3 is 0 Å². The number of benzene rings is 1. The van der Waals surface area contributed by atoms with Crippen molar-refractivity contribution in [2.24, 2.45) is 0 Å². The second kappa shape index (κ2) is 6.05. The monoisotopic (exact) mass is 217 g/mol. The van der Waals surface area contributed by atoms with Crippen molar-refractivity contribution in [2.75, 3.05) is 7.05 Å². The molecular formula is C15H23N. The second-order valence-electron chi connectivity index (χ2n) is 5.05. The molecule has 0 heterocycles. The minimum absolute atomic E-state index is 0.808. The Balaban J connectivity index is 1.89. The SMILES string of the molecule is CN(Cc1ccccc1)C1CCCCCC1. The molecule has 1 nitrogen and oxygen atoms in total. The lowest BCUT2D eigenvalue weighted by molar-refractivity contribution is 0.213. The van der Waals surface area contributed by atoms with E-state index in [1.165, 1.54) is 44.1 Å². The van der Waals surface area contributed by atoms with Crippen LogP contribution in [0.5, 0.6) is 0 Å². The molecule has 2 rings (SSSR count). The van der Waals surface area contributed by atoms with E-state index in [4.69, 9.17) is 0 Å². The van der Waals surface area contributed by atoms with Gasteiger partial charge in [-0.05, 0) is 25.5 Å². The summed E-state index contributed by atoms with van der Waals surface area (Å²) in [6, 6.07) is 11.6. The van der Waals surface area contributed by atoms with Crippen LogP contribution in [-0.4, -0.2) is 18.0 Å². The highest BCUT2D eigenvalue weighted by molar-refractivity contribution is 5.14. The molecule has 1 aromatic rings. The van der Waals surface area contributed by atoms with Crippen LogP contribution in [0, 0.1) is 0 Å². The maximum atomic E-state index is 2.54. The molecule has 0 N–H and O–H groups in total. The van der Waals surface area contributed by atoms with E-state index in [1.54, 1.807) is 0 Å². The Hall–Kier alpha value is -0.820. The maximum absolute atomic E-state index is 2.54. The van der Waals surface area contributed by atoms with Crippen LogP contribution in [0.2, 0.25) is 0 Å². The first-order valence-corrected chi connectivity index (χ1v) is 6.60. The van der Waals surface area contributed by atoms with E-state index in [9.17, 15) is 0 Å². The van der Waals surface area contributed by atoms with Crippen LogP contribution in [0.15, 0.2) is 30.3 Å². The van der Waals surface area contributed by atoms with Crippen LogP contribution in [0.25, 0.3) is 0 Å². The molecule has 0 bridgehead atoms. The highest BCUT2D eigenvalue weighted by atomic mass is 15.1. The van der Waals surface area contributed by atoms with Gasteiger partial charge in [0.2, 0.25) is 0 Å². The van der Waals surface area contributed by atoms with E-state index in [0.717, 1.165) is 12.6 Å². The minimum atomic E-state index is 0.808. The lowest BCUT2D eigenvalue weighted by Crippen LogP contribution is -2.30. The Kier molecular flexibility index (Phi) is 4.41. The predicted octanol–water partition coefficient (Wildman–Crippen LogP) is 3.84. The van der Waals surface area contributed by atoms with Gasteiger partial charge in [0.1, 0.15) is 0 Å². The normalized spacial score (nSPS) is 18.6. The molecule has 0 unspecified atom stereocenters. The van der Waals surface area contributed by atoms with Gasteiger partial charge in [0.25, 0.3) is 0 Å². The molecule has 0 aromatic heterocycles. The molecule has 1 saturated carbocycles. The van der Waals surface area contributed by atoms with Gasteiger partial charge in [-0.2, -0.15) is 0 Å². The molecule has 0 aliphatic heterocycles. The fourth-order valence-corrected chi connectivity index (χ4v) is 2.70. The van der Waals surface area contributed by atoms with Crippen molar-refractivity contribution in [2.45, 2.75) is 51.1 Å². The Labute approximate surface area is 99.5 Å². The van der Waals surface area contributed by atoms with Crippen LogP contribution in [0.3, 0.4) is 0 Å². The Morgan fingerprint density at radius 2 is 1.62 bits per heavy atom. The summed E-state index contributed by atoms with van der Waals surface area (Å²) in [7, 11) is 2.28. The molecule has 0 radical (unpaired) electrons. The van der Waals surface area contributed by atoms with Crippen LogP contribution >= 0.6 is 0 Å². The lowest BCUT2D eigenvalue weighted by atomic mass is 10.1. The van der Waals surface area contributed by atoms with Crippen molar-refractivity contribution in [3.8, 4) is 0 Å². The molecule has 88 valence electrons. The zero-order valence-electron chi connectivity index (χ0n) is 10.4. The molecule has 1 aliphatic carbocycles. The summed E-state index contributed by atoms with van der Waals surface area (Å²) in [5.41, 5.74) is 1.44. The topological polar surface area (TPSA) is 3.24 Å². The van der Waals surface area contributed by atoms with Gasteiger partial charge >= 0.3 is 0 Å². The molecule has 0 atom stereocenters. The van der Waals surface area contributed by atoms with Gasteiger partial charge in [0, 0.05) is 12.6 Å². The van der Waals surface area contributed by atoms with E-state index >= 15 is 0 Å². The molecule has 1 aromatic carbocycles. The molecule has 16 heavy (non-hydrogen) atoms. The van der Waals surface area contributed by atoms with Crippen molar-refractivity contribution in [1.82, 2.24) is 4.90 Å². The van der Waals surface area contributed by atoms with Crippen LogP contribution in [-0.2, 0) is 6.54 Å². The third kappa shape index (κ3) is 3.34. The largest absolute Gasteiger partial charge is 0.299 e. The molecule has 1 fully saturated rings. The standard InChI is InChI=1S/C15H23N/c1-16(13-14-9-5-4-6-10-14)15-11-7-2-3-8-12-15/h4-6,9-10,15H,2-3,7-8,11-13H2,1H3. The van der Waals surface area contributed by atoms with Crippen molar-refractivity contribution < 1.29 is 0 Å². The lowest BCUT2D eigenvalue weighted by Gasteiger charge is -2.27. The second-order valence-corrected chi connectivity index (χ2v) is 5.05. The van der Waals surface area contributed by atoms with Gasteiger partial charge in [-0.3, -0.25) is 4.90 Å². The average molecular weight is 217 g/mol. The fraction of sp³-hybridized carbons (Fsp3) is 0.600. The third-order valence-corrected chi connectivity index (χ3v) is 3.72. The van der Waals surface area contributed by atoms with Gasteiger partial charge in [0.15, 0.2) is 0 Å². The van der Waals surface area contributed by atoms with Gasteiger partial charge in [-0.1, -0.05) is 56.0 Å². The summed E-state index contributed by atoms with van der Waals surface area (Å²) >= 11 is 0. The molecule has 0 spiro atoms. The predicted molar refractivity (Wildman–Crippen MR) is 69.4 cm³/mol. The Morgan fingerprint density at radius 1 is 1.00 bits per heavy atom. The van der Waals surface area contributed by atoms with Gasteiger partial charge in [-0.15, -0.1) is 0 Å². The average Bonchev–Trinajstić information content (AvgIpc) is 2.59. The molecule has 1 aliphatic rings.